The summed E-state index contributed by atoms with van der Waals surface area (Å²) >= 11 is 0. The first-order chi connectivity index (χ1) is 12.5. The second-order valence-electron chi connectivity index (χ2n) is 5.72. The van der Waals surface area contributed by atoms with E-state index in [1.807, 2.05) is 24.3 Å². The molecule has 1 aliphatic rings. The Bertz CT molecular complexity index is 788. The highest BCUT2D eigenvalue weighted by molar-refractivity contribution is 5.29. The number of hydrogen-bond acceptors (Lipinski definition) is 6. The van der Waals surface area contributed by atoms with E-state index in [-0.39, 0.29) is 18.5 Å². The van der Waals surface area contributed by atoms with Crippen molar-refractivity contribution in [1.29, 1.82) is 5.26 Å². The highest BCUT2D eigenvalue weighted by Crippen LogP contribution is 2.29. The zero-order valence-corrected chi connectivity index (χ0v) is 13.5. The van der Waals surface area contributed by atoms with Gasteiger partial charge in [0.1, 0.15) is 6.04 Å². The number of aromatic nitrogens is 1. The first kappa shape index (κ1) is 18.1. The van der Waals surface area contributed by atoms with Gasteiger partial charge in [0.25, 0.3) is 0 Å². The Morgan fingerprint density at radius 1 is 1.19 bits per heavy atom. The third kappa shape index (κ3) is 4.29. The second-order valence-corrected chi connectivity index (χ2v) is 5.72. The molecule has 2 heterocycles. The SMILES string of the molecule is N#CC1NNNC1c1cccc(CCOc2ccc(C(F)(F)F)cn2)c1. The van der Waals surface area contributed by atoms with Crippen molar-refractivity contribution in [2.24, 2.45) is 0 Å². The van der Waals surface area contributed by atoms with E-state index < -0.39 is 17.8 Å². The first-order valence-corrected chi connectivity index (χ1v) is 7.88. The summed E-state index contributed by atoms with van der Waals surface area (Å²) < 4.78 is 42.9. The lowest BCUT2D eigenvalue weighted by Crippen LogP contribution is -2.32. The summed E-state index contributed by atoms with van der Waals surface area (Å²) in [6.45, 7) is 0.276. The van der Waals surface area contributed by atoms with Crippen LogP contribution in [0.5, 0.6) is 5.88 Å². The highest BCUT2D eigenvalue weighted by atomic mass is 19.4. The first-order valence-electron chi connectivity index (χ1n) is 7.88. The Morgan fingerprint density at radius 3 is 2.73 bits per heavy atom. The molecular formula is C17H16F3N5O. The molecule has 1 aromatic carbocycles. The van der Waals surface area contributed by atoms with E-state index in [4.69, 9.17) is 10.00 Å². The van der Waals surface area contributed by atoms with E-state index in [1.165, 1.54) is 6.07 Å². The fraction of sp³-hybridized carbons (Fsp3) is 0.294. The minimum Gasteiger partial charge on any atom is -0.477 e. The minimum atomic E-state index is -4.41. The molecule has 1 fully saturated rings. The lowest BCUT2D eigenvalue weighted by atomic mass is 9.99. The van der Waals surface area contributed by atoms with Crippen LogP contribution in [0.3, 0.4) is 0 Å². The maximum Gasteiger partial charge on any atom is 0.417 e. The third-order valence-electron chi connectivity index (χ3n) is 3.94. The number of hydrazine groups is 2. The van der Waals surface area contributed by atoms with Gasteiger partial charge >= 0.3 is 6.18 Å². The molecular weight excluding hydrogens is 347 g/mol. The van der Waals surface area contributed by atoms with Gasteiger partial charge in [-0.3, -0.25) is 0 Å². The van der Waals surface area contributed by atoms with E-state index in [9.17, 15) is 13.2 Å². The summed E-state index contributed by atoms with van der Waals surface area (Å²) in [5.74, 6) is 0.143. The van der Waals surface area contributed by atoms with Crippen molar-refractivity contribution in [3.05, 3.63) is 59.3 Å². The average Bonchev–Trinajstić information content (AvgIpc) is 3.10. The van der Waals surface area contributed by atoms with Gasteiger partial charge in [-0.2, -0.15) is 24.0 Å². The van der Waals surface area contributed by atoms with Crippen LogP contribution in [0, 0.1) is 11.3 Å². The maximum absolute atomic E-state index is 12.5. The smallest absolute Gasteiger partial charge is 0.417 e. The zero-order valence-electron chi connectivity index (χ0n) is 13.5. The van der Waals surface area contributed by atoms with Gasteiger partial charge in [0, 0.05) is 18.7 Å². The number of nitrogens with one attached hydrogen (secondary N) is 3. The fourth-order valence-electron chi connectivity index (χ4n) is 2.60. The molecule has 1 aliphatic heterocycles. The number of halogens is 3. The molecule has 26 heavy (non-hydrogen) atoms. The summed E-state index contributed by atoms with van der Waals surface area (Å²) in [7, 11) is 0. The highest BCUT2D eigenvalue weighted by Gasteiger charge is 2.30. The lowest BCUT2D eigenvalue weighted by Gasteiger charge is -2.14. The Balaban J connectivity index is 1.57. The number of pyridine rings is 1. The van der Waals surface area contributed by atoms with Crippen LogP contribution in [-0.4, -0.2) is 17.6 Å². The predicted octanol–water partition coefficient (Wildman–Crippen LogP) is 2.27. The van der Waals surface area contributed by atoms with Crippen LogP contribution < -0.4 is 21.1 Å². The van der Waals surface area contributed by atoms with Crippen LogP contribution in [0.15, 0.2) is 42.6 Å². The number of nitriles is 1. The number of nitrogens with zero attached hydrogens (tertiary/aromatic N) is 2. The molecule has 2 atom stereocenters. The monoisotopic (exact) mass is 363 g/mol. The van der Waals surface area contributed by atoms with Crippen molar-refractivity contribution in [2.45, 2.75) is 24.7 Å². The molecule has 3 N–H and O–H groups in total. The standard InChI is InChI=1S/C17H16F3N5O/c18-17(19,20)13-4-5-15(22-10-13)26-7-6-11-2-1-3-12(8-11)16-14(9-21)23-25-24-16/h1-5,8,10,14,16,23-25H,6-7H2. The quantitative estimate of drug-likeness (QED) is 0.756. The molecule has 0 aliphatic carbocycles. The molecule has 0 radical (unpaired) electrons. The van der Waals surface area contributed by atoms with Gasteiger partial charge in [-0.15, -0.1) is 0 Å². The van der Waals surface area contributed by atoms with Gasteiger partial charge in [0.05, 0.1) is 24.3 Å². The van der Waals surface area contributed by atoms with Gasteiger partial charge in [-0.1, -0.05) is 24.3 Å². The van der Waals surface area contributed by atoms with Crippen molar-refractivity contribution in [1.82, 2.24) is 21.4 Å². The molecule has 0 spiro atoms. The summed E-state index contributed by atoms with van der Waals surface area (Å²) in [4.78, 5) is 3.67. The molecule has 2 aromatic rings. The number of ether oxygens (including phenoxy) is 1. The van der Waals surface area contributed by atoms with Gasteiger partial charge in [-0.05, 0) is 17.2 Å². The third-order valence-corrected chi connectivity index (χ3v) is 3.94. The number of alkyl halides is 3. The summed E-state index contributed by atoms with van der Waals surface area (Å²) in [6, 6.07) is 11.4. The average molecular weight is 363 g/mol. The number of rotatable bonds is 5. The Hall–Kier alpha value is -2.67. The van der Waals surface area contributed by atoms with Crippen LogP contribution in [0.25, 0.3) is 0 Å². The largest absolute Gasteiger partial charge is 0.477 e. The van der Waals surface area contributed by atoms with Crippen LogP contribution in [-0.2, 0) is 12.6 Å². The lowest BCUT2D eigenvalue weighted by molar-refractivity contribution is -0.137. The van der Waals surface area contributed by atoms with E-state index in [0.717, 1.165) is 23.4 Å². The van der Waals surface area contributed by atoms with Crippen LogP contribution >= 0.6 is 0 Å². The van der Waals surface area contributed by atoms with Crippen LogP contribution in [0.1, 0.15) is 22.7 Å². The molecule has 0 amide bonds. The van der Waals surface area contributed by atoms with Gasteiger partial charge < -0.3 is 4.74 Å². The normalized spacial score (nSPS) is 19.9. The Labute approximate surface area is 147 Å². The molecule has 0 saturated carbocycles. The van der Waals surface area contributed by atoms with Crippen molar-refractivity contribution in [3.8, 4) is 11.9 Å². The molecule has 0 bridgehead atoms. The van der Waals surface area contributed by atoms with Crippen molar-refractivity contribution < 1.29 is 17.9 Å². The van der Waals surface area contributed by atoms with Crippen LogP contribution in [0.2, 0.25) is 0 Å². The second kappa shape index (κ2) is 7.70. The Morgan fingerprint density at radius 2 is 2.04 bits per heavy atom. The molecule has 136 valence electrons. The molecule has 1 aromatic heterocycles. The summed E-state index contributed by atoms with van der Waals surface area (Å²) in [5, 5.41) is 9.11. The van der Waals surface area contributed by atoms with E-state index in [1.54, 1.807) is 0 Å². The van der Waals surface area contributed by atoms with Gasteiger partial charge in [0.15, 0.2) is 0 Å². The van der Waals surface area contributed by atoms with Gasteiger partial charge in [-0.25, -0.2) is 15.8 Å². The van der Waals surface area contributed by atoms with E-state index >= 15 is 0 Å². The van der Waals surface area contributed by atoms with E-state index in [0.29, 0.717) is 6.42 Å². The number of benzene rings is 1. The Kier molecular flexibility index (Phi) is 5.37. The van der Waals surface area contributed by atoms with Gasteiger partial charge in [0.2, 0.25) is 5.88 Å². The molecule has 2 unspecified atom stereocenters. The minimum absolute atomic E-state index is 0.143. The summed E-state index contributed by atoms with van der Waals surface area (Å²) in [5.41, 5.74) is 9.66. The number of hydrogen-bond donors (Lipinski definition) is 3. The zero-order chi connectivity index (χ0) is 18.6. The van der Waals surface area contributed by atoms with Crippen molar-refractivity contribution in [3.63, 3.8) is 0 Å². The van der Waals surface area contributed by atoms with Crippen LogP contribution in [0.4, 0.5) is 13.2 Å². The van der Waals surface area contributed by atoms with Crippen molar-refractivity contribution in [2.75, 3.05) is 6.61 Å². The fourth-order valence-corrected chi connectivity index (χ4v) is 2.60. The molecule has 3 rings (SSSR count). The molecule has 1 saturated heterocycles. The van der Waals surface area contributed by atoms with Crippen molar-refractivity contribution >= 4 is 0 Å². The van der Waals surface area contributed by atoms with E-state index in [2.05, 4.69) is 27.4 Å². The molecule has 6 nitrogen and oxygen atoms in total. The predicted molar refractivity (Wildman–Crippen MR) is 86.4 cm³/mol. The molecule has 9 heteroatoms. The summed E-state index contributed by atoms with van der Waals surface area (Å²) in [6.07, 6.45) is -3.10. The topological polar surface area (TPSA) is 82.0 Å². The maximum atomic E-state index is 12.5.